The van der Waals surface area contributed by atoms with E-state index in [2.05, 4.69) is 34.6 Å². The number of amides is 2. The van der Waals surface area contributed by atoms with Crippen molar-refractivity contribution in [2.45, 2.75) is 25.7 Å². The fourth-order valence-electron chi connectivity index (χ4n) is 4.24. The molecule has 2 heterocycles. The predicted octanol–water partition coefficient (Wildman–Crippen LogP) is 3.28. The number of pyridine rings is 1. The highest BCUT2D eigenvalue weighted by Gasteiger charge is 2.40. The van der Waals surface area contributed by atoms with E-state index in [0.29, 0.717) is 16.8 Å². The van der Waals surface area contributed by atoms with Gasteiger partial charge in [0.15, 0.2) is 0 Å². The molecule has 0 saturated carbocycles. The van der Waals surface area contributed by atoms with Gasteiger partial charge in [-0.3, -0.25) is 5.32 Å². The molecule has 1 spiro atoms. The molecule has 1 N–H and O–H groups in total. The summed E-state index contributed by atoms with van der Waals surface area (Å²) in [4.78, 5) is 30.2. The minimum Gasteiger partial charge on any atom is -0.465 e. The number of hydrogen-bond acceptors (Lipinski definition) is 4. The monoisotopic (exact) mass is 365 g/mol. The molecule has 1 saturated heterocycles. The molecule has 0 radical (unpaired) electrons. The zero-order chi connectivity index (χ0) is 18.9. The number of rotatable bonds is 2. The Kier molecular flexibility index (Phi) is 4.56. The highest BCUT2D eigenvalue weighted by Crippen LogP contribution is 2.44. The summed E-state index contributed by atoms with van der Waals surface area (Å²) in [6, 6.07) is 11.6. The van der Waals surface area contributed by atoms with E-state index in [1.165, 1.54) is 30.5 Å². The van der Waals surface area contributed by atoms with E-state index in [1.807, 2.05) is 4.90 Å². The molecular formula is C21H23N3O3. The smallest absolute Gasteiger partial charge is 0.338 e. The lowest BCUT2D eigenvalue weighted by molar-refractivity contribution is 0.0600. The lowest BCUT2D eigenvalue weighted by Crippen LogP contribution is -2.45. The predicted molar refractivity (Wildman–Crippen MR) is 102 cm³/mol. The fraction of sp³-hybridized carbons (Fsp3) is 0.381. The molecule has 1 aromatic heterocycles. The quantitative estimate of drug-likeness (QED) is 0.829. The summed E-state index contributed by atoms with van der Waals surface area (Å²) in [6.45, 7) is 1.47. The maximum atomic E-state index is 12.6. The van der Waals surface area contributed by atoms with Crippen molar-refractivity contribution in [1.29, 1.82) is 0 Å². The summed E-state index contributed by atoms with van der Waals surface area (Å²) in [6.07, 6.45) is 5.72. The van der Waals surface area contributed by atoms with Gasteiger partial charge in [-0.25, -0.2) is 14.6 Å². The van der Waals surface area contributed by atoms with Gasteiger partial charge < -0.3 is 9.64 Å². The average molecular weight is 365 g/mol. The van der Waals surface area contributed by atoms with Crippen molar-refractivity contribution in [3.8, 4) is 0 Å². The molecule has 27 heavy (non-hydrogen) atoms. The molecule has 6 nitrogen and oxygen atoms in total. The number of anilines is 1. The highest BCUT2D eigenvalue weighted by atomic mass is 16.5. The van der Waals surface area contributed by atoms with Gasteiger partial charge in [-0.2, -0.15) is 0 Å². The molecule has 1 aliphatic carbocycles. The Labute approximate surface area is 158 Å². The third-order valence-electron chi connectivity index (χ3n) is 5.78. The second kappa shape index (κ2) is 7.02. The first-order valence-electron chi connectivity index (χ1n) is 9.26. The molecule has 1 aliphatic heterocycles. The molecule has 2 aliphatic rings. The van der Waals surface area contributed by atoms with E-state index < -0.39 is 5.97 Å². The number of nitrogens with one attached hydrogen (secondary N) is 1. The number of fused-ring (bicyclic) bond motifs is 1. The lowest BCUT2D eigenvalue weighted by Gasteiger charge is -2.39. The molecule has 0 atom stereocenters. The summed E-state index contributed by atoms with van der Waals surface area (Å²) >= 11 is 0. The molecule has 0 bridgehead atoms. The van der Waals surface area contributed by atoms with Crippen molar-refractivity contribution in [2.24, 2.45) is 5.41 Å². The molecule has 6 heteroatoms. The summed E-state index contributed by atoms with van der Waals surface area (Å²) < 4.78 is 4.70. The van der Waals surface area contributed by atoms with Crippen molar-refractivity contribution in [1.82, 2.24) is 9.88 Å². The van der Waals surface area contributed by atoms with Crippen LogP contribution >= 0.6 is 0 Å². The summed E-state index contributed by atoms with van der Waals surface area (Å²) in [5.74, 6) is -0.0925. The van der Waals surface area contributed by atoms with Gasteiger partial charge >= 0.3 is 12.0 Å². The second-order valence-electron chi connectivity index (χ2n) is 7.46. The van der Waals surface area contributed by atoms with Crippen LogP contribution in [0.15, 0.2) is 42.6 Å². The Balaban J connectivity index is 1.36. The molecule has 140 valence electrons. The van der Waals surface area contributed by atoms with Gasteiger partial charge in [-0.1, -0.05) is 24.3 Å². The number of carbonyl (C=O) groups is 2. The van der Waals surface area contributed by atoms with Gasteiger partial charge in [0.1, 0.15) is 5.82 Å². The number of ether oxygens (including phenoxy) is 1. The van der Waals surface area contributed by atoms with Crippen LogP contribution in [0.25, 0.3) is 0 Å². The Morgan fingerprint density at radius 2 is 1.78 bits per heavy atom. The van der Waals surface area contributed by atoms with Gasteiger partial charge in [0.2, 0.25) is 0 Å². The molecule has 1 aromatic carbocycles. The molecule has 0 unspecified atom stereocenters. The van der Waals surface area contributed by atoms with Crippen molar-refractivity contribution in [3.63, 3.8) is 0 Å². The molecule has 2 amide bonds. The number of methoxy groups -OCH3 is 1. The molecule has 1 fully saturated rings. The number of benzene rings is 1. The second-order valence-corrected chi connectivity index (χ2v) is 7.46. The Bertz CT molecular complexity index is 845. The number of likely N-dealkylation sites (tertiary alicyclic amines) is 1. The highest BCUT2D eigenvalue weighted by molar-refractivity contribution is 5.92. The van der Waals surface area contributed by atoms with E-state index >= 15 is 0 Å². The standard InChI is InChI=1S/C21H23N3O3/c1-27-19(25)15-6-9-22-18(12-15)23-20(26)24-10-7-21(8-11-24)13-16-4-2-3-5-17(16)14-21/h2-6,9,12H,7-8,10-11,13-14H2,1H3,(H,22,23,26). The van der Waals surface area contributed by atoms with Gasteiger partial charge in [0.25, 0.3) is 0 Å². The Hall–Kier alpha value is -2.89. The normalized spacial score (nSPS) is 17.4. The lowest BCUT2D eigenvalue weighted by atomic mass is 9.76. The van der Waals surface area contributed by atoms with Gasteiger partial charge in [0, 0.05) is 19.3 Å². The SMILES string of the molecule is COC(=O)c1ccnc(NC(=O)N2CCC3(CC2)Cc2ccccc2C3)c1. The zero-order valence-corrected chi connectivity index (χ0v) is 15.4. The first kappa shape index (κ1) is 17.5. The largest absolute Gasteiger partial charge is 0.465 e. The number of urea groups is 1. The van der Waals surface area contributed by atoms with E-state index in [9.17, 15) is 9.59 Å². The Morgan fingerprint density at radius 3 is 2.41 bits per heavy atom. The van der Waals surface area contributed by atoms with Crippen LogP contribution in [0.1, 0.15) is 34.3 Å². The van der Waals surface area contributed by atoms with Crippen LogP contribution in [-0.2, 0) is 17.6 Å². The van der Waals surface area contributed by atoms with Crippen LogP contribution in [0.2, 0.25) is 0 Å². The van der Waals surface area contributed by atoms with Crippen LogP contribution in [0.3, 0.4) is 0 Å². The molecule has 2 aromatic rings. The molecular weight excluding hydrogens is 342 g/mol. The van der Waals surface area contributed by atoms with Gasteiger partial charge in [0.05, 0.1) is 12.7 Å². The van der Waals surface area contributed by atoms with E-state index in [4.69, 9.17) is 4.74 Å². The summed E-state index contributed by atoms with van der Waals surface area (Å²) in [7, 11) is 1.33. The number of carbonyl (C=O) groups excluding carboxylic acids is 2. The molecule has 4 rings (SSSR count). The number of piperidine rings is 1. The van der Waals surface area contributed by atoms with Crippen molar-refractivity contribution in [3.05, 3.63) is 59.3 Å². The first-order chi connectivity index (χ1) is 13.1. The summed E-state index contributed by atoms with van der Waals surface area (Å²) in [5.41, 5.74) is 3.58. The summed E-state index contributed by atoms with van der Waals surface area (Å²) in [5, 5.41) is 2.80. The zero-order valence-electron chi connectivity index (χ0n) is 15.4. The van der Waals surface area contributed by atoms with Crippen molar-refractivity contribution < 1.29 is 14.3 Å². The van der Waals surface area contributed by atoms with Crippen LogP contribution in [0.4, 0.5) is 10.6 Å². The average Bonchev–Trinajstić information content (AvgIpc) is 3.05. The maximum Gasteiger partial charge on any atom is 0.338 e. The third kappa shape index (κ3) is 3.52. The third-order valence-corrected chi connectivity index (χ3v) is 5.78. The van der Waals surface area contributed by atoms with Crippen molar-refractivity contribution in [2.75, 3.05) is 25.5 Å². The maximum absolute atomic E-state index is 12.6. The number of hydrogen-bond donors (Lipinski definition) is 1. The minimum atomic E-state index is -0.450. The van der Waals surface area contributed by atoms with Gasteiger partial charge in [-0.15, -0.1) is 0 Å². The van der Waals surface area contributed by atoms with Crippen LogP contribution in [0, 0.1) is 5.41 Å². The van der Waals surface area contributed by atoms with E-state index in [0.717, 1.165) is 38.8 Å². The number of nitrogens with zero attached hydrogens (tertiary/aromatic N) is 2. The van der Waals surface area contributed by atoms with Gasteiger partial charge in [-0.05, 0) is 54.4 Å². The fourth-order valence-corrected chi connectivity index (χ4v) is 4.24. The van der Waals surface area contributed by atoms with Crippen LogP contribution in [-0.4, -0.2) is 42.1 Å². The topological polar surface area (TPSA) is 71.5 Å². The van der Waals surface area contributed by atoms with Crippen molar-refractivity contribution >= 4 is 17.8 Å². The number of esters is 1. The van der Waals surface area contributed by atoms with E-state index in [1.54, 1.807) is 6.07 Å². The first-order valence-corrected chi connectivity index (χ1v) is 9.26. The number of aromatic nitrogens is 1. The Morgan fingerprint density at radius 1 is 1.11 bits per heavy atom. The van der Waals surface area contributed by atoms with Crippen LogP contribution < -0.4 is 5.32 Å². The van der Waals surface area contributed by atoms with Crippen LogP contribution in [0.5, 0.6) is 0 Å². The minimum absolute atomic E-state index is 0.171. The van der Waals surface area contributed by atoms with E-state index in [-0.39, 0.29) is 6.03 Å².